The fourth-order valence-corrected chi connectivity index (χ4v) is 1.93. The molecule has 104 valence electrons. The maximum absolute atomic E-state index is 13.0. The summed E-state index contributed by atoms with van der Waals surface area (Å²) >= 11 is 3.24. The number of hydrogen-bond acceptors (Lipinski definition) is 2. The van der Waals surface area contributed by atoms with Crippen molar-refractivity contribution in [1.82, 2.24) is 0 Å². The van der Waals surface area contributed by atoms with Crippen LogP contribution in [0.3, 0.4) is 0 Å². The van der Waals surface area contributed by atoms with Crippen LogP contribution >= 0.6 is 15.9 Å². The molecule has 2 nitrogen and oxygen atoms in total. The van der Waals surface area contributed by atoms with Gasteiger partial charge in [-0.1, -0.05) is 42.5 Å². The summed E-state index contributed by atoms with van der Waals surface area (Å²) in [5, 5.41) is 3.51. The lowest BCUT2D eigenvalue weighted by Crippen LogP contribution is -2.25. The number of rotatable bonds is 3. The summed E-state index contributed by atoms with van der Waals surface area (Å²) < 4.78 is 39.7. The molecule has 1 N–H and O–H groups in total. The van der Waals surface area contributed by atoms with E-state index in [1.807, 2.05) is 0 Å². The molecule has 0 saturated heterocycles. The zero-order valence-corrected chi connectivity index (χ0v) is 11.7. The normalized spacial score (nSPS) is 12.3. The van der Waals surface area contributed by atoms with E-state index < -0.39 is 11.9 Å². The number of hydrogen-bond donors (Lipinski definition) is 1. The van der Waals surface area contributed by atoms with Gasteiger partial charge in [-0.25, -0.2) is 0 Å². The lowest BCUT2D eigenvalue weighted by molar-refractivity contribution is -0.0581. The van der Waals surface area contributed by atoms with E-state index in [1.165, 1.54) is 24.3 Å². The molecule has 20 heavy (non-hydrogen) atoms. The van der Waals surface area contributed by atoms with Crippen molar-refractivity contribution < 1.29 is 13.2 Å². The number of halogens is 4. The van der Waals surface area contributed by atoms with Gasteiger partial charge in [0.1, 0.15) is 0 Å². The summed E-state index contributed by atoms with van der Waals surface area (Å²) in [5.41, 5.74) is 1.95. The minimum Gasteiger partial charge on any atom is -0.277 e. The first-order valence-electron chi connectivity index (χ1n) is 5.69. The Morgan fingerprint density at radius 3 is 2.15 bits per heavy atom. The van der Waals surface area contributed by atoms with Crippen LogP contribution in [0.1, 0.15) is 5.56 Å². The van der Waals surface area contributed by atoms with E-state index in [9.17, 15) is 13.2 Å². The standard InChI is InChI=1S/C14H10BrF3N2/c15-11-8-4-5-9-12(11)19-20-13(14(16,17)18)10-6-2-1-3-7-10/h1-9,19H/b20-13-. The second kappa shape index (κ2) is 6.09. The van der Waals surface area contributed by atoms with Gasteiger partial charge >= 0.3 is 6.18 Å². The molecule has 0 aliphatic carbocycles. The molecule has 0 amide bonds. The monoisotopic (exact) mass is 342 g/mol. The first-order chi connectivity index (χ1) is 9.48. The molecule has 0 aromatic heterocycles. The van der Waals surface area contributed by atoms with E-state index in [4.69, 9.17) is 0 Å². The number of nitrogens with zero attached hydrogens (tertiary/aromatic N) is 1. The fraction of sp³-hybridized carbons (Fsp3) is 0.0714. The van der Waals surface area contributed by atoms with Gasteiger partial charge in [0.05, 0.1) is 5.69 Å². The Hall–Kier alpha value is -1.82. The van der Waals surface area contributed by atoms with E-state index in [1.54, 1.807) is 30.3 Å². The Balaban J connectivity index is 2.34. The van der Waals surface area contributed by atoms with Crippen LogP contribution in [-0.2, 0) is 0 Å². The second-order valence-electron chi connectivity index (χ2n) is 3.92. The average Bonchev–Trinajstić information content (AvgIpc) is 2.41. The average molecular weight is 343 g/mol. The van der Waals surface area contributed by atoms with E-state index in [-0.39, 0.29) is 5.56 Å². The lowest BCUT2D eigenvalue weighted by Gasteiger charge is -2.11. The van der Waals surface area contributed by atoms with Gasteiger partial charge in [0.25, 0.3) is 0 Å². The van der Waals surface area contributed by atoms with Crippen LogP contribution in [0.5, 0.6) is 0 Å². The van der Waals surface area contributed by atoms with Crippen LogP contribution in [0.2, 0.25) is 0 Å². The van der Waals surface area contributed by atoms with Gasteiger partial charge in [-0.05, 0) is 28.1 Å². The predicted octanol–water partition coefficient (Wildman–Crippen LogP) is 4.83. The molecule has 2 aromatic rings. The quantitative estimate of drug-likeness (QED) is 0.627. The number of benzene rings is 2. The third-order valence-corrected chi connectivity index (χ3v) is 3.17. The van der Waals surface area contributed by atoms with Gasteiger partial charge in [0.2, 0.25) is 0 Å². The minimum atomic E-state index is -4.53. The number of alkyl halides is 3. The van der Waals surface area contributed by atoms with Crippen molar-refractivity contribution in [2.45, 2.75) is 6.18 Å². The highest BCUT2D eigenvalue weighted by Crippen LogP contribution is 2.25. The Bertz CT molecular complexity index is 609. The molecule has 0 aliphatic heterocycles. The molecule has 0 heterocycles. The number of anilines is 1. The van der Waals surface area contributed by atoms with Gasteiger partial charge in [-0.2, -0.15) is 18.3 Å². The molecule has 6 heteroatoms. The van der Waals surface area contributed by atoms with Crippen molar-refractivity contribution >= 4 is 27.3 Å². The van der Waals surface area contributed by atoms with Crippen molar-refractivity contribution in [3.05, 3.63) is 64.6 Å². The maximum Gasteiger partial charge on any atom is 0.435 e. The topological polar surface area (TPSA) is 24.4 Å². The fourth-order valence-electron chi connectivity index (χ4n) is 1.56. The molecule has 0 atom stereocenters. The summed E-state index contributed by atoms with van der Waals surface area (Å²) in [5.74, 6) is 0. The molecular weight excluding hydrogens is 333 g/mol. The number of para-hydroxylation sites is 1. The van der Waals surface area contributed by atoms with Crippen LogP contribution in [-0.4, -0.2) is 11.9 Å². The summed E-state index contributed by atoms with van der Waals surface area (Å²) in [6.07, 6.45) is -4.53. The third kappa shape index (κ3) is 3.60. The molecule has 0 spiro atoms. The van der Waals surface area contributed by atoms with Gasteiger partial charge in [0.15, 0.2) is 5.71 Å². The van der Waals surface area contributed by atoms with Crippen LogP contribution in [0.25, 0.3) is 0 Å². The van der Waals surface area contributed by atoms with Crippen LogP contribution < -0.4 is 5.43 Å². The highest BCUT2D eigenvalue weighted by molar-refractivity contribution is 9.10. The van der Waals surface area contributed by atoms with E-state index >= 15 is 0 Å². The summed E-state index contributed by atoms with van der Waals surface area (Å²) in [7, 11) is 0. The van der Waals surface area contributed by atoms with Gasteiger partial charge in [-0.15, -0.1) is 0 Å². The minimum absolute atomic E-state index is 0.0135. The largest absolute Gasteiger partial charge is 0.435 e. The van der Waals surface area contributed by atoms with Crippen LogP contribution in [0.4, 0.5) is 18.9 Å². The van der Waals surface area contributed by atoms with Crippen LogP contribution in [0, 0.1) is 0 Å². The Labute approximate surface area is 122 Å². The van der Waals surface area contributed by atoms with Crippen molar-refractivity contribution in [3.8, 4) is 0 Å². The molecule has 2 aromatic carbocycles. The lowest BCUT2D eigenvalue weighted by atomic mass is 10.1. The number of nitrogens with one attached hydrogen (secondary N) is 1. The first-order valence-corrected chi connectivity index (χ1v) is 6.48. The first kappa shape index (κ1) is 14.6. The summed E-state index contributed by atoms with van der Waals surface area (Å²) in [6.45, 7) is 0. The molecule has 0 bridgehead atoms. The SMILES string of the molecule is FC(F)(F)/C(=N\Nc1ccccc1Br)c1ccccc1. The van der Waals surface area contributed by atoms with Crippen molar-refractivity contribution in [1.29, 1.82) is 0 Å². The van der Waals surface area contributed by atoms with Crippen molar-refractivity contribution in [2.75, 3.05) is 5.43 Å². The van der Waals surface area contributed by atoms with E-state index in [2.05, 4.69) is 26.5 Å². The molecule has 0 unspecified atom stereocenters. The van der Waals surface area contributed by atoms with Gasteiger partial charge < -0.3 is 0 Å². The zero-order valence-electron chi connectivity index (χ0n) is 10.2. The highest BCUT2D eigenvalue weighted by Gasteiger charge is 2.37. The Morgan fingerprint density at radius 1 is 0.950 bits per heavy atom. The zero-order chi connectivity index (χ0) is 14.6. The second-order valence-corrected chi connectivity index (χ2v) is 4.77. The maximum atomic E-state index is 13.0. The van der Waals surface area contributed by atoms with Crippen molar-refractivity contribution in [2.24, 2.45) is 5.10 Å². The molecule has 0 saturated carbocycles. The summed E-state index contributed by atoms with van der Waals surface area (Å²) in [4.78, 5) is 0. The predicted molar refractivity (Wildman–Crippen MR) is 76.8 cm³/mol. The smallest absolute Gasteiger partial charge is 0.277 e. The van der Waals surface area contributed by atoms with Crippen LogP contribution in [0.15, 0.2) is 64.2 Å². The summed E-state index contributed by atoms with van der Waals surface area (Å²) in [6, 6.07) is 14.3. The Kier molecular flexibility index (Phi) is 4.44. The molecular formula is C14H10BrF3N2. The van der Waals surface area contributed by atoms with E-state index in [0.717, 1.165) is 0 Å². The molecule has 2 rings (SSSR count). The van der Waals surface area contributed by atoms with Crippen molar-refractivity contribution in [3.63, 3.8) is 0 Å². The van der Waals surface area contributed by atoms with Gasteiger partial charge in [-0.3, -0.25) is 5.43 Å². The third-order valence-electron chi connectivity index (χ3n) is 2.48. The number of hydrazone groups is 1. The molecule has 0 radical (unpaired) electrons. The Morgan fingerprint density at radius 2 is 1.55 bits per heavy atom. The molecule has 0 fully saturated rings. The highest BCUT2D eigenvalue weighted by atomic mass is 79.9. The molecule has 0 aliphatic rings. The van der Waals surface area contributed by atoms with Gasteiger partial charge in [0, 0.05) is 10.0 Å². The van der Waals surface area contributed by atoms with E-state index in [0.29, 0.717) is 10.2 Å².